The summed E-state index contributed by atoms with van der Waals surface area (Å²) >= 11 is 3.08. The van der Waals surface area contributed by atoms with E-state index in [4.69, 9.17) is 31.9 Å². The summed E-state index contributed by atoms with van der Waals surface area (Å²) in [5.74, 6) is -4.48. The lowest BCUT2D eigenvalue weighted by Crippen LogP contribution is -2.17. The molecule has 4 aromatic rings. The van der Waals surface area contributed by atoms with E-state index in [1.54, 1.807) is 0 Å². The molecule has 2 aromatic carbocycles. The molecule has 0 N–H and O–H groups in total. The molecule has 1 fully saturated rings. The Morgan fingerprint density at radius 1 is 0.692 bits per heavy atom. The third kappa shape index (κ3) is 11.0. The molecule has 52 heavy (non-hydrogen) atoms. The zero-order valence-corrected chi connectivity index (χ0v) is 28.0. The van der Waals surface area contributed by atoms with Crippen LogP contribution < -0.4 is 28.4 Å². The fourth-order valence-corrected chi connectivity index (χ4v) is 4.41. The lowest BCUT2D eigenvalue weighted by Gasteiger charge is -2.15. The Hall–Kier alpha value is -5.46. The van der Waals surface area contributed by atoms with Gasteiger partial charge in [-0.1, -0.05) is 0 Å². The van der Waals surface area contributed by atoms with Crippen molar-refractivity contribution in [1.29, 1.82) is 0 Å². The summed E-state index contributed by atoms with van der Waals surface area (Å²) in [4.78, 5) is 31.9. The molecule has 0 aliphatic heterocycles. The van der Waals surface area contributed by atoms with Crippen LogP contribution in [0.5, 0.6) is 46.0 Å². The SMILES string of the molecule is [2H]C([2H])([2H])Oc1cc(OC(F)(F)F)ccc1Oc1cc(Br)ncc1C(=O)OC.[2H]C([2H])([2H])Oc1cc(OC(F)(F)F)ccc1Oc1cc(C2CC2)ncc1C(=O)OC. The van der Waals surface area contributed by atoms with E-state index in [9.17, 15) is 35.9 Å². The van der Waals surface area contributed by atoms with Crippen molar-refractivity contribution in [3.05, 3.63) is 82.3 Å². The molecule has 0 atom stereocenters. The van der Waals surface area contributed by atoms with Crippen LogP contribution >= 0.6 is 15.9 Å². The second-order valence-electron chi connectivity index (χ2n) is 10.1. The summed E-state index contributed by atoms with van der Waals surface area (Å²) in [5.41, 5.74) is 0.506. The van der Waals surface area contributed by atoms with E-state index in [0.29, 0.717) is 11.8 Å². The smallest absolute Gasteiger partial charge is 0.493 e. The molecule has 1 saturated carbocycles. The van der Waals surface area contributed by atoms with Crippen LogP contribution in [-0.2, 0) is 9.47 Å². The standard InChI is InChI=1S/C18H16F3NO5.C15H11BrF3NO5/c1-24-16-7-11(27-18(19,20)21)5-6-14(16)26-15-8-13(10-3-4-10)22-9-12(15)17(23)25-2;1-22-12-5-8(25-15(17,18)19)3-4-10(12)24-11-6-13(16)20-7-9(11)14(21)23-2/h5-10H,3-4H2,1-2H3;3-7H,1-2H3/i2*1D3. The van der Waals surface area contributed by atoms with Gasteiger partial charge < -0.3 is 37.9 Å². The minimum absolute atomic E-state index is 0.00127. The highest BCUT2D eigenvalue weighted by molar-refractivity contribution is 9.10. The fourth-order valence-electron chi connectivity index (χ4n) is 4.10. The van der Waals surface area contributed by atoms with Gasteiger partial charge in [-0.25, -0.2) is 14.6 Å². The van der Waals surface area contributed by atoms with Crippen LogP contribution in [0.3, 0.4) is 0 Å². The second kappa shape index (κ2) is 16.7. The summed E-state index contributed by atoms with van der Waals surface area (Å²) in [7, 11) is -3.68. The number of carbonyl (C=O) groups is 2. The van der Waals surface area contributed by atoms with E-state index in [0.717, 1.165) is 63.6 Å². The molecule has 0 unspecified atom stereocenters. The molecule has 2 aromatic heterocycles. The molecule has 0 bridgehead atoms. The maximum atomic E-state index is 12.5. The third-order valence-corrected chi connectivity index (χ3v) is 6.92. The molecule has 1 aliphatic carbocycles. The van der Waals surface area contributed by atoms with Gasteiger partial charge in [0.05, 0.1) is 36.5 Å². The van der Waals surface area contributed by atoms with Gasteiger partial charge in [-0.15, -0.1) is 26.3 Å². The number of benzene rings is 2. The summed E-state index contributed by atoms with van der Waals surface area (Å²) in [6.45, 7) is 0. The van der Waals surface area contributed by atoms with Crippen LogP contribution in [0.2, 0.25) is 0 Å². The van der Waals surface area contributed by atoms with E-state index in [2.05, 4.69) is 40.1 Å². The Balaban J connectivity index is 0.000000257. The molecule has 0 radical (unpaired) electrons. The summed E-state index contributed by atoms with van der Waals surface area (Å²) in [6.07, 6.45) is -5.74. The minimum Gasteiger partial charge on any atom is -0.493 e. The van der Waals surface area contributed by atoms with E-state index in [1.807, 2.05) is 0 Å². The number of methoxy groups -OCH3 is 4. The first-order valence-corrected chi connectivity index (χ1v) is 15.0. The number of carbonyl (C=O) groups excluding carboxylic acids is 2. The minimum atomic E-state index is -4.99. The van der Waals surface area contributed by atoms with Gasteiger partial charge >= 0.3 is 24.7 Å². The number of alkyl halides is 6. The van der Waals surface area contributed by atoms with Crippen LogP contribution in [0.25, 0.3) is 0 Å². The molecule has 2 heterocycles. The number of pyridine rings is 2. The molecule has 278 valence electrons. The van der Waals surface area contributed by atoms with Gasteiger partial charge in [0.2, 0.25) is 0 Å². The normalized spacial score (nSPS) is 14.6. The molecule has 5 rings (SSSR count). The first kappa shape index (κ1) is 31.3. The number of hydrogen-bond acceptors (Lipinski definition) is 12. The van der Waals surface area contributed by atoms with Crippen molar-refractivity contribution in [2.45, 2.75) is 31.5 Å². The van der Waals surface area contributed by atoms with Crippen molar-refractivity contribution < 1.29 is 82.1 Å². The van der Waals surface area contributed by atoms with Gasteiger partial charge in [0.15, 0.2) is 23.0 Å². The lowest BCUT2D eigenvalue weighted by atomic mass is 10.2. The zero-order valence-electron chi connectivity index (χ0n) is 32.4. The molecule has 19 heteroatoms. The van der Waals surface area contributed by atoms with Crippen molar-refractivity contribution in [2.75, 3.05) is 28.3 Å². The number of aromatic nitrogens is 2. The highest BCUT2D eigenvalue weighted by Gasteiger charge is 2.33. The summed E-state index contributed by atoms with van der Waals surface area (Å²) in [5, 5.41) is 0. The average Bonchev–Trinajstić information content (AvgIpc) is 3.94. The zero-order chi connectivity index (χ0) is 43.2. The van der Waals surface area contributed by atoms with Gasteiger partial charge in [-0.3, -0.25) is 4.98 Å². The molecule has 1 aliphatic rings. The Kier molecular flexibility index (Phi) is 10.1. The van der Waals surface area contributed by atoms with Gasteiger partial charge in [0.25, 0.3) is 0 Å². The number of nitrogens with zero attached hydrogens (tertiary/aromatic N) is 2. The monoisotopic (exact) mass is 810 g/mol. The molecular weight excluding hydrogens is 778 g/mol. The van der Waals surface area contributed by atoms with Gasteiger partial charge in [-0.2, -0.15) is 0 Å². The van der Waals surface area contributed by atoms with Crippen molar-refractivity contribution in [3.63, 3.8) is 0 Å². The largest absolute Gasteiger partial charge is 0.573 e. The van der Waals surface area contributed by atoms with Crippen LogP contribution in [0, 0.1) is 0 Å². The average molecular weight is 812 g/mol. The van der Waals surface area contributed by atoms with E-state index in [-0.39, 0.29) is 44.6 Å². The van der Waals surface area contributed by atoms with Crippen LogP contribution in [0.4, 0.5) is 26.3 Å². The number of esters is 2. The van der Waals surface area contributed by atoms with Crippen molar-refractivity contribution >= 4 is 27.9 Å². The van der Waals surface area contributed by atoms with Gasteiger partial charge in [0, 0.05) is 48.3 Å². The van der Waals surface area contributed by atoms with Crippen LogP contribution in [-0.4, -0.2) is 62.9 Å². The lowest BCUT2D eigenvalue weighted by molar-refractivity contribution is -0.275. The van der Waals surface area contributed by atoms with E-state index < -0.39 is 61.7 Å². The quantitative estimate of drug-likeness (QED) is 0.0815. The van der Waals surface area contributed by atoms with Gasteiger partial charge in [0.1, 0.15) is 38.7 Å². The van der Waals surface area contributed by atoms with Crippen molar-refractivity contribution in [3.8, 4) is 46.0 Å². The second-order valence-corrected chi connectivity index (χ2v) is 10.9. The molecular formula is C33H27BrF6N2O10. The highest BCUT2D eigenvalue weighted by atomic mass is 79.9. The number of halogens is 7. The predicted octanol–water partition coefficient (Wildman–Crippen LogP) is 8.78. The molecule has 0 saturated heterocycles. The van der Waals surface area contributed by atoms with Crippen LogP contribution in [0.15, 0.2) is 65.5 Å². The van der Waals surface area contributed by atoms with E-state index in [1.165, 1.54) is 18.3 Å². The Bertz CT molecular complexity index is 2120. The maximum Gasteiger partial charge on any atom is 0.573 e. The fraction of sp³-hybridized carbons (Fsp3) is 0.273. The number of hydrogen-bond donors (Lipinski definition) is 0. The molecule has 0 amide bonds. The van der Waals surface area contributed by atoms with Gasteiger partial charge in [-0.05, 0) is 53.0 Å². The predicted molar refractivity (Wildman–Crippen MR) is 170 cm³/mol. The first-order valence-electron chi connectivity index (χ1n) is 17.2. The molecule has 0 spiro atoms. The van der Waals surface area contributed by atoms with Crippen molar-refractivity contribution in [1.82, 2.24) is 9.97 Å². The topological polar surface area (TPSA) is 134 Å². The number of ether oxygens (including phenoxy) is 8. The number of rotatable bonds is 11. The van der Waals surface area contributed by atoms with E-state index >= 15 is 0 Å². The first-order chi connectivity index (χ1) is 26.8. The Labute approximate surface area is 308 Å². The summed E-state index contributed by atoms with van der Waals surface area (Å²) < 4.78 is 156. The Morgan fingerprint density at radius 2 is 1.15 bits per heavy atom. The molecule has 12 nitrogen and oxygen atoms in total. The maximum absolute atomic E-state index is 12.5. The third-order valence-electron chi connectivity index (χ3n) is 6.48. The Morgan fingerprint density at radius 3 is 1.58 bits per heavy atom. The summed E-state index contributed by atoms with van der Waals surface area (Å²) in [6, 6.07) is 8.07. The highest BCUT2D eigenvalue weighted by Crippen LogP contribution is 2.43. The van der Waals surface area contributed by atoms with Crippen molar-refractivity contribution in [2.24, 2.45) is 0 Å². The van der Waals surface area contributed by atoms with Crippen LogP contribution in [0.1, 0.15) is 53.4 Å².